The Labute approximate surface area is 122 Å². The molecule has 0 aliphatic rings. The number of benzene rings is 1. The number of alkyl halides is 3. The first kappa shape index (κ1) is 15.1. The number of carbonyl (C=O) groups is 1. The molecule has 1 heterocycles. The second-order valence-electron chi connectivity index (χ2n) is 4.05. The summed E-state index contributed by atoms with van der Waals surface area (Å²) in [5, 5.41) is -0.985. The maximum atomic E-state index is 12.4. The van der Waals surface area contributed by atoms with Crippen LogP contribution in [0.2, 0.25) is 0 Å². The molecule has 0 N–H and O–H groups in total. The first-order chi connectivity index (χ1) is 9.36. The largest absolute Gasteiger partial charge is 0.443 e. The van der Waals surface area contributed by atoms with Crippen molar-refractivity contribution in [1.82, 2.24) is 4.98 Å². The summed E-state index contributed by atoms with van der Waals surface area (Å²) in [6.07, 6.45) is -3.50. The van der Waals surface area contributed by atoms with Crippen LogP contribution in [0.4, 0.5) is 13.2 Å². The Morgan fingerprint density at radius 3 is 2.50 bits per heavy atom. The number of Topliss-reactive ketones (excluding diaryl/α,β-unsaturated/α-hetero) is 1. The second kappa shape index (κ2) is 5.97. The fourth-order valence-corrected chi connectivity index (χ4v) is 2.98. The van der Waals surface area contributed by atoms with Gasteiger partial charge in [-0.25, -0.2) is 4.98 Å². The van der Waals surface area contributed by atoms with E-state index < -0.39 is 11.2 Å². The van der Waals surface area contributed by atoms with Crippen molar-refractivity contribution >= 4 is 28.9 Å². The average molecular weight is 317 g/mol. The minimum absolute atomic E-state index is 0.0388. The Balaban J connectivity index is 1.98. The van der Waals surface area contributed by atoms with Crippen molar-refractivity contribution in [3.63, 3.8) is 0 Å². The van der Waals surface area contributed by atoms with Gasteiger partial charge in [0.25, 0.3) is 0 Å². The fourth-order valence-electron chi connectivity index (χ4n) is 1.39. The highest BCUT2D eigenvalue weighted by Gasteiger charge is 2.35. The predicted octanol–water partition coefficient (Wildman–Crippen LogP) is 4.45. The molecule has 2 aromatic rings. The van der Waals surface area contributed by atoms with E-state index in [9.17, 15) is 18.0 Å². The Morgan fingerprint density at radius 2 is 1.95 bits per heavy atom. The highest BCUT2D eigenvalue weighted by atomic mass is 32.2. The number of halogens is 3. The van der Waals surface area contributed by atoms with E-state index in [1.807, 2.05) is 31.2 Å². The number of hydrogen-bond acceptors (Lipinski definition) is 4. The van der Waals surface area contributed by atoms with Gasteiger partial charge in [-0.1, -0.05) is 17.7 Å². The maximum absolute atomic E-state index is 12.4. The van der Waals surface area contributed by atoms with Gasteiger partial charge in [0.1, 0.15) is 0 Å². The zero-order valence-corrected chi connectivity index (χ0v) is 12.0. The van der Waals surface area contributed by atoms with E-state index >= 15 is 0 Å². The van der Waals surface area contributed by atoms with Crippen molar-refractivity contribution in [2.24, 2.45) is 0 Å². The molecule has 0 atom stereocenters. The molecule has 0 unspecified atom stereocenters. The lowest BCUT2D eigenvalue weighted by molar-refractivity contribution is -0.137. The Kier molecular flexibility index (Phi) is 4.49. The van der Waals surface area contributed by atoms with Crippen LogP contribution in [0, 0.1) is 6.92 Å². The number of hydrogen-bond donors (Lipinski definition) is 0. The summed E-state index contributed by atoms with van der Waals surface area (Å²) in [6, 6.07) is 7.59. The smallest absolute Gasteiger partial charge is 0.292 e. The fraction of sp³-hybridized carbons (Fsp3) is 0.231. The van der Waals surface area contributed by atoms with Crippen LogP contribution in [-0.4, -0.2) is 16.5 Å². The van der Waals surface area contributed by atoms with E-state index in [2.05, 4.69) is 4.98 Å². The molecule has 0 amide bonds. The zero-order chi connectivity index (χ0) is 14.8. The van der Waals surface area contributed by atoms with Gasteiger partial charge >= 0.3 is 6.18 Å². The van der Waals surface area contributed by atoms with Crippen LogP contribution in [0.15, 0.2) is 35.4 Å². The number of carbonyl (C=O) groups excluding carboxylic acids is 1. The number of aryl methyl sites for hydroxylation is 1. The quantitative estimate of drug-likeness (QED) is 0.616. The van der Waals surface area contributed by atoms with Crippen LogP contribution in [0.5, 0.6) is 0 Å². The number of thioether (sulfide) groups is 1. The SMILES string of the molecule is Cc1ccc(SCC(=O)c2cnc(C(F)(F)F)s2)cc1. The van der Waals surface area contributed by atoms with E-state index in [1.165, 1.54) is 11.8 Å². The molecule has 106 valence electrons. The van der Waals surface area contributed by atoms with Crippen molar-refractivity contribution < 1.29 is 18.0 Å². The third-order valence-electron chi connectivity index (χ3n) is 2.41. The Bertz CT molecular complexity index is 605. The van der Waals surface area contributed by atoms with Crippen LogP contribution in [-0.2, 0) is 6.18 Å². The molecule has 0 aliphatic heterocycles. The Hall–Kier alpha value is -1.34. The summed E-state index contributed by atoms with van der Waals surface area (Å²) in [6.45, 7) is 1.95. The Morgan fingerprint density at radius 1 is 1.30 bits per heavy atom. The van der Waals surface area contributed by atoms with Crippen molar-refractivity contribution in [3.05, 3.63) is 45.9 Å². The van der Waals surface area contributed by atoms with Gasteiger partial charge in [0.15, 0.2) is 10.8 Å². The van der Waals surface area contributed by atoms with Gasteiger partial charge in [0, 0.05) is 11.1 Å². The molecule has 1 aromatic carbocycles. The summed E-state index contributed by atoms with van der Waals surface area (Å²) in [7, 11) is 0. The molecule has 0 spiro atoms. The van der Waals surface area contributed by atoms with Gasteiger partial charge in [-0.3, -0.25) is 4.79 Å². The minimum atomic E-state index is -4.49. The predicted molar refractivity (Wildman–Crippen MR) is 73.3 cm³/mol. The van der Waals surface area contributed by atoms with Crippen molar-refractivity contribution in [2.75, 3.05) is 5.75 Å². The first-order valence-corrected chi connectivity index (χ1v) is 7.42. The molecule has 2 nitrogen and oxygen atoms in total. The van der Waals surface area contributed by atoms with E-state index in [4.69, 9.17) is 0 Å². The molecule has 0 radical (unpaired) electrons. The monoisotopic (exact) mass is 317 g/mol. The number of nitrogens with zero attached hydrogens (tertiary/aromatic N) is 1. The van der Waals surface area contributed by atoms with E-state index in [1.54, 1.807) is 0 Å². The zero-order valence-electron chi connectivity index (χ0n) is 10.4. The van der Waals surface area contributed by atoms with E-state index in [0.29, 0.717) is 11.3 Å². The van der Waals surface area contributed by atoms with E-state index in [0.717, 1.165) is 16.7 Å². The van der Waals surface area contributed by atoms with Crippen LogP contribution < -0.4 is 0 Å². The summed E-state index contributed by atoms with van der Waals surface area (Å²) in [4.78, 5) is 16.0. The van der Waals surface area contributed by atoms with Gasteiger partial charge < -0.3 is 0 Å². The van der Waals surface area contributed by atoms with Crippen LogP contribution >= 0.6 is 23.1 Å². The lowest BCUT2D eigenvalue weighted by Gasteiger charge is -2.01. The third-order valence-corrected chi connectivity index (χ3v) is 4.51. The van der Waals surface area contributed by atoms with Gasteiger partial charge in [0.2, 0.25) is 0 Å². The molecule has 0 aliphatic carbocycles. The van der Waals surface area contributed by atoms with Gasteiger partial charge in [-0.05, 0) is 19.1 Å². The lowest BCUT2D eigenvalue weighted by atomic mass is 10.2. The topological polar surface area (TPSA) is 30.0 Å². The number of aromatic nitrogens is 1. The number of ketones is 1. The summed E-state index contributed by atoms with van der Waals surface area (Å²) in [5.74, 6) is -0.244. The molecule has 2 rings (SSSR count). The molecule has 20 heavy (non-hydrogen) atoms. The standard InChI is InChI=1S/C13H10F3NOS2/c1-8-2-4-9(5-3-8)19-7-10(18)11-6-17-12(20-11)13(14,15)16/h2-6H,7H2,1H3. The van der Waals surface area contributed by atoms with Gasteiger partial charge in [-0.2, -0.15) is 13.2 Å². The molecule has 0 saturated heterocycles. The molecule has 1 aromatic heterocycles. The number of rotatable bonds is 4. The lowest BCUT2D eigenvalue weighted by Crippen LogP contribution is -2.03. The minimum Gasteiger partial charge on any atom is -0.292 e. The number of thiazole rings is 1. The van der Waals surface area contributed by atoms with Crippen LogP contribution in [0.25, 0.3) is 0 Å². The highest BCUT2D eigenvalue weighted by Crippen LogP contribution is 2.33. The summed E-state index contributed by atoms with van der Waals surface area (Å²) in [5.41, 5.74) is 1.11. The summed E-state index contributed by atoms with van der Waals surface area (Å²) >= 11 is 1.68. The maximum Gasteiger partial charge on any atom is 0.443 e. The van der Waals surface area contributed by atoms with Crippen LogP contribution in [0.1, 0.15) is 20.2 Å². The summed E-state index contributed by atoms with van der Waals surface area (Å²) < 4.78 is 37.2. The normalized spacial score (nSPS) is 11.6. The molecule has 7 heteroatoms. The van der Waals surface area contributed by atoms with E-state index in [-0.39, 0.29) is 16.4 Å². The van der Waals surface area contributed by atoms with Crippen LogP contribution in [0.3, 0.4) is 0 Å². The first-order valence-electron chi connectivity index (χ1n) is 5.62. The second-order valence-corrected chi connectivity index (χ2v) is 6.13. The molecular formula is C13H10F3NOS2. The van der Waals surface area contributed by atoms with Crippen molar-refractivity contribution in [1.29, 1.82) is 0 Å². The molecule has 0 saturated carbocycles. The average Bonchev–Trinajstić information content (AvgIpc) is 2.87. The van der Waals surface area contributed by atoms with Crippen molar-refractivity contribution in [3.8, 4) is 0 Å². The molecular weight excluding hydrogens is 307 g/mol. The van der Waals surface area contributed by atoms with Gasteiger partial charge in [-0.15, -0.1) is 23.1 Å². The van der Waals surface area contributed by atoms with Gasteiger partial charge in [0.05, 0.1) is 10.6 Å². The van der Waals surface area contributed by atoms with Crippen molar-refractivity contribution in [2.45, 2.75) is 18.0 Å². The molecule has 0 fully saturated rings. The molecule has 0 bridgehead atoms. The third kappa shape index (κ3) is 3.83. The highest BCUT2D eigenvalue weighted by molar-refractivity contribution is 8.00.